The number of hydrogen-bond donors (Lipinski definition) is 1. The summed E-state index contributed by atoms with van der Waals surface area (Å²) in [6.45, 7) is 9.82. The molecule has 1 heterocycles. The molecule has 0 bridgehead atoms. The first-order valence-electron chi connectivity index (χ1n) is 7.75. The monoisotopic (exact) mass is 238 g/mol. The topological polar surface area (TPSA) is 15.3 Å². The first-order chi connectivity index (χ1) is 8.29. The van der Waals surface area contributed by atoms with E-state index in [0.29, 0.717) is 0 Å². The van der Waals surface area contributed by atoms with E-state index in [1.54, 1.807) is 0 Å². The zero-order valence-electron chi connectivity index (χ0n) is 11.8. The average Bonchev–Trinajstić information content (AvgIpc) is 2.77. The van der Waals surface area contributed by atoms with E-state index in [9.17, 15) is 0 Å². The highest BCUT2D eigenvalue weighted by Gasteiger charge is 2.27. The molecule has 1 saturated carbocycles. The molecule has 1 aliphatic heterocycles. The Kier molecular flexibility index (Phi) is 5.30. The van der Waals surface area contributed by atoms with Gasteiger partial charge in [0.2, 0.25) is 0 Å². The van der Waals surface area contributed by atoms with Gasteiger partial charge in [0, 0.05) is 6.04 Å². The van der Waals surface area contributed by atoms with Crippen LogP contribution in [0.25, 0.3) is 0 Å². The molecular weight excluding hydrogens is 208 g/mol. The number of piperidine rings is 1. The van der Waals surface area contributed by atoms with Crippen molar-refractivity contribution in [2.45, 2.75) is 58.4 Å². The fourth-order valence-corrected chi connectivity index (χ4v) is 3.55. The molecule has 2 nitrogen and oxygen atoms in total. The zero-order valence-corrected chi connectivity index (χ0v) is 11.8. The highest BCUT2D eigenvalue weighted by atomic mass is 15.1. The maximum absolute atomic E-state index is 3.67. The quantitative estimate of drug-likeness (QED) is 0.792. The van der Waals surface area contributed by atoms with Crippen LogP contribution in [0.4, 0.5) is 0 Å². The third-order valence-corrected chi connectivity index (χ3v) is 4.82. The van der Waals surface area contributed by atoms with Gasteiger partial charge in [-0.05, 0) is 70.1 Å². The van der Waals surface area contributed by atoms with Crippen molar-refractivity contribution in [1.82, 2.24) is 10.2 Å². The Morgan fingerprint density at radius 1 is 1.12 bits per heavy atom. The second-order valence-electron chi connectivity index (χ2n) is 6.17. The molecule has 0 aromatic rings. The predicted molar refractivity (Wildman–Crippen MR) is 74.3 cm³/mol. The maximum Gasteiger partial charge on any atom is 0.00956 e. The van der Waals surface area contributed by atoms with Crippen molar-refractivity contribution in [1.29, 1.82) is 0 Å². The Morgan fingerprint density at radius 2 is 1.88 bits per heavy atom. The lowest BCUT2D eigenvalue weighted by Gasteiger charge is -2.31. The predicted octanol–water partition coefficient (Wildman–Crippen LogP) is 2.89. The van der Waals surface area contributed by atoms with Crippen molar-refractivity contribution >= 4 is 0 Å². The summed E-state index contributed by atoms with van der Waals surface area (Å²) in [7, 11) is 0. The smallest absolute Gasteiger partial charge is 0.00956 e. The molecule has 0 amide bonds. The first-order valence-corrected chi connectivity index (χ1v) is 7.75. The van der Waals surface area contributed by atoms with Gasteiger partial charge in [-0.1, -0.05) is 20.3 Å². The Labute approximate surface area is 107 Å². The highest BCUT2D eigenvalue weighted by Crippen LogP contribution is 2.29. The summed E-state index contributed by atoms with van der Waals surface area (Å²) < 4.78 is 0. The van der Waals surface area contributed by atoms with Crippen LogP contribution in [0.5, 0.6) is 0 Å². The van der Waals surface area contributed by atoms with E-state index >= 15 is 0 Å². The molecule has 0 radical (unpaired) electrons. The minimum Gasteiger partial charge on any atom is -0.314 e. The molecule has 2 rings (SSSR count). The molecule has 2 unspecified atom stereocenters. The molecule has 2 fully saturated rings. The van der Waals surface area contributed by atoms with E-state index in [-0.39, 0.29) is 0 Å². The molecule has 1 aliphatic carbocycles. The van der Waals surface area contributed by atoms with E-state index in [1.807, 2.05) is 0 Å². The van der Waals surface area contributed by atoms with E-state index in [2.05, 4.69) is 24.1 Å². The summed E-state index contributed by atoms with van der Waals surface area (Å²) in [6, 6.07) is 0.823. The molecule has 0 aromatic heterocycles. The van der Waals surface area contributed by atoms with Crippen molar-refractivity contribution < 1.29 is 0 Å². The van der Waals surface area contributed by atoms with Gasteiger partial charge in [0.05, 0.1) is 0 Å². The van der Waals surface area contributed by atoms with Crippen molar-refractivity contribution in [3.8, 4) is 0 Å². The van der Waals surface area contributed by atoms with Gasteiger partial charge in [0.1, 0.15) is 0 Å². The fraction of sp³-hybridized carbons (Fsp3) is 1.00. The summed E-state index contributed by atoms with van der Waals surface area (Å²) in [5.41, 5.74) is 0. The van der Waals surface area contributed by atoms with Crippen molar-refractivity contribution in [3.05, 3.63) is 0 Å². The maximum atomic E-state index is 3.67. The van der Waals surface area contributed by atoms with Crippen molar-refractivity contribution in [3.63, 3.8) is 0 Å². The van der Waals surface area contributed by atoms with Crippen molar-refractivity contribution in [2.24, 2.45) is 11.8 Å². The van der Waals surface area contributed by atoms with Gasteiger partial charge in [-0.25, -0.2) is 0 Å². The van der Waals surface area contributed by atoms with Crippen LogP contribution in [0.2, 0.25) is 0 Å². The number of hydrogen-bond acceptors (Lipinski definition) is 2. The van der Waals surface area contributed by atoms with Gasteiger partial charge in [-0.2, -0.15) is 0 Å². The second-order valence-corrected chi connectivity index (χ2v) is 6.17. The van der Waals surface area contributed by atoms with E-state index in [0.717, 1.165) is 24.4 Å². The summed E-state index contributed by atoms with van der Waals surface area (Å²) >= 11 is 0. The summed E-state index contributed by atoms with van der Waals surface area (Å²) in [6.07, 6.45) is 8.57. The lowest BCUT2D eigenvalue weighted by Crippen LogP contribution is -2.37. The molecule has 100 valence electrons. The van der Waals surface area contributed by atoms with Crippen LogP contribution in [-0.2, 0) is 0 Å². The number of likely N-dealkylation sites (tertiary alicyclic amines) is 1. The molecule has 1 N–H and O–H groups in total. The summed E-state index contributed by atoms with van der Waals surface area (Å²) in [5, 5.41) is 3.67. The zero-order chi connectivity index (χ0) is 12.1. The van der Waals surface area contributed by atoms with E-state index in [4.69, 9.17) is 0 Å². The van der Waals surface area contributed by atoms with Crippen LogP contribution in [0.15, 0.2) is 0 Å². The van der Waals surface area contributed by atoms with Crippen LogP contribution in [-0.4, -0.2) is 37.1 Å². The third-order valence-electron chi connectivity index (χ3n) is 4.82. The SMILES string of the molecule is CCNC1CCCC1CCN1CCC(C)CC1. The second kappa shape index (κ2) is 6.75. The molecule has 17 heavy (non-hydrogen) atoms. The largest absolute Gasteiger partial charge is 0.314 e. The Hall–Kier alpha value is -0.0800. The van der Waals surface area contributed by atoms with Gasteiger partial charge in [0.25, 0.3) is 0 Å². The van der Waals surface area contributed by atoms with Gasteiger partial charge < -0.3 is 10.2 Å². The van der Waals surface area contributed by atoms with Crippen molar-refractivity contribution in [2.75, 3.05) is 26.2 Å². The third kappa shape index (κ3) is 3.96. The van der Waals surface area contributed by atoms with Gasteiger partial charge in [-0.15, -0.1) is 0 Å². The standard InChI is InChI=1S/C15H30N2/c1-3-16-15-6-4-5-14(15)9-12-17-10-7-13(2)8-11-17/h13-16H,3-12H2,1-2H3. The van der Waals surface area contributed by atoms with Gasteiger partial charge in [-0.3, -0.25) is 0 Å². The Balaban J connectivity index is 1.67. The van der Waals surface area contributed by atoms with Crippen LogP contribution < -0.4 is 5.32 Å². The van der Waals surface area contributed by atoms with E-state index < -0.39 is 0 Å². The van der Waals surface area contributed by atoms with Crippen LogP contribution in [0.3, 0.4) is 0 Å². The molecule has 1 saturated heterocycles. The summed E-state index contributed by atoms with van der Waals surface area (Å²) in [5.74, 6) is 1.92. The number of nitrogens with one attached hydrogen (secondary N) is 1. The lowest BCUT2D eigenvalue weighted by molar-refractivity contribution is 0.177. The molecule has 2 aliphatic rings. The number of nitrogens with zero attached hydrogens (tertiary/aromatic N) is 1. The van der Waals surface area contributed by atoms with Gasteiger partial charge in [0.15, 0.2) is 0 Å². The molecule has 2 heteroatoms. The Bertz CT molecular complexity index is 209. The minimum atomic E-state index is 0.823. The molecule has 0 aromatic carbocycles. The van der Waals surface area contributed by atoms with Gasteiger partial charge >= 0.3 is 0 Å². The number of rotatable bonds is 5. The van der Waals surface area contributed by atoms with Crippen LogP contribution >= 0.6 is 0 Å². The Morgan fingerprint density at radius 3 is 2.59 bits per heavy atom. The molecule has 0 spiro atoms. The fourth-order valence-electron chi connectivity index (χ4n) is 3.55. The average molecular weight is 238 g/mol. The minimum absolute atomic E-state index is 0.823. The normalized spacial score (nSPS) is 32.1. The van der Waals surface area contributed by atoms with Crippen LogP contribution in [0.1, 0.15) is 52.4 Å². The molecule has 2 atom stereocenters. The summed E-state index contributed by atoms with van der Waals surface area (Å²) in [4.78, 5) is 2.70. The first kappa shape index (κ1) is 13.4. The van der Waals surface area contributed by atoms with E-state index in [1.165, 1.54) is 58.2 Å². The highest BCUT2D eigenvalue weighted by molar-refractivity contribution is 4.83. The van der Waals surface area contributed by atoms with Crippen LogP contribution in [0, 0.1) is 11.8 Å². The molecular formula is C15H30N2. The lowest BCUT2D eigenvalue weighted by atomic mass is 9.96.